The van der Waals surface area contributed by atoms with E-state index in [4.69, 9.17) is 15.2 Å². The van der Waals surface area contributed by atoms with Gasteiger partial charge in [-0.25, -0.2) is 0 Å². The first-order chi connectivity index (χ1) is 9.62. The Bertz CT molecular complexity index is 400. The highest BCUT2D eigenvalue weighted by Crippen LogP contribution is 2.27. The van der Waals surface area contributed by atoms with Gasteiger partial charge < -0.3 is 15.2 Å². The van der Waals surface area contributed by atoms with E-state index < -0.39 is 0 Å². The number of nitrogens with two attached hydrogens (primary N) is 1. The SMILES string of the molecule is COC1CN(C(C)(CN)Cc2ccccc2)CC1OC. The molecule has 4 heteroatoms. The third kappa shape index (κ3) is 3.20. The zero-order chi connectivity index (χ0) is 14.6. The van der Waals surface area contributed by atoms with Crippen molar-refractivity contribution in [2.24, 2.45) is 5.73 Å². The predicted molar refractivity (Wildman–Crippen MR) is 80.8 cm³/mol. The minimum absolute atomic E-state index is 0.0641. The Hall–Kier alpha value is -0.940. The number of ether oxygens (including phenoxy) is 2. The van der Waals surface area contributed by atoms with E-state index in [9.17, 15) is 0 Å². The molecular formula is C16H26N2O2. The van der Waals surface area contributed by atoms with Crippen LogP contribution in [0.25, 0.3) is 0 Å². The zero-order valence-electron chi connectivity index (χ0n) is 12.7. The lowest BCUT2D eigenvalue weighted by atomic mass is 9.91. The van der Waals surface area contributed by atoms with E-state index >= 15 is 0 Å². The van der Waals surface area contributed by atoms with E-state index in [2.05, 4.69) is 36.1 Å². The number of benzene rings is 1. The Morgan fingerprint density at radius 1 is 1.15 bits per heavy atom. The van der Waals surface area contributed by atoms with Crippen molar-refractivity contribution in [3.05, 3.63) is 35.9 Å². The van der Waals surface area contributed by atoms with Gasteiger partial charge in [0, 0.05) is 39.4 Å². The summed E-state index contributed by atoms with van der Waals surface area (Å²) in [4.78, 5) is 2.41. The van der Waals surface area contributed by atoms with Crippen LogP contribution in [0.3, 0.4) is 0 Å². The van der Waals surface area contributed by atoms with Crippen LogP contribution in [0.1, 0.15) is 12.5 Å². The molecule has 1 saturated heterocycles. The molecule has 0 spiro atoms. The molecule has 112 valence electrons. The molecule has 3 unspecified atom stereocenters. The quantitative estimate of drug-likeness (QED) is 0.852. The maximum atomic E-state index is 6.09. The third-order valence-electron chi connectivity index (χ3n) is 4.45. The van der Waals surface area contributed by atoms with Gasteiger partial charge in [0.25, 0.3) is 0 Å². The highest BCUT2D eigenvalue weighted by atomic mass is 16.5. The van der Waals surface area contributed by atoms with Crippen molar-refractivity contribution in [2.75, 3.05) is 33.9 Å². The van der Waals surface area contributed by atoms with Gasteiger partial charge in [0.2, 0.25) is 0 Å². The minimum Gasteiger partial charge on any atom is -0.377 e. The fraction of sp³-hybridized carbons (Fsp3) is 0.625. The van der Waals surface area contributed by atoms with Crippen LogP contribution in [0.2, 0.25) is 0 Å². The van der Waals surface area contributed by atoms with Gasteiger partial charge in [-0.2, -0.15) is 0 Å². The van der Waals surface area contributed by atoms with Crippen molar-refractivity contribution in [3.8, 4) is 0 Å². The Kier molecular flexibility index (Phi) is 5.16. The maximum Gasteiger partial charge on any atom is 0.0972 e. The summed E-state index contributed by atoms with van der Waals surface area (Å²) in [7, 11) is 3.49. The molecule has 0 bridgehead atoms. The van der Waals surface area contributed by atoms with Crippen molar-refractivity contribution in [3.63, 3.8) is 0 Å². The number of hydrogen-bond donors (Lipinski definition) is 1. The summed E-state index contributed by atoms with van der Waals surface area (Å²) in [5.41, 5.74) is 7.34. The number of nitrogens with zero attached hydrogens (tertiary/aromatic N) is 1. The van der Waals surface area contributed by atoms with Gasteiger partial charge in [-0.1, -0.05) is 30.3 Å². The van der Waals surface area contributed by atoms with Crippen molar-refractivity contribution >= 4 is 0 Å². The molecule has 1 aromatic rings. The fourth-order valence-corrected chi connectivity index (χ4v) is 2.99. The standard InChI is InChI=1S/C16H26N2O2/c1-16(12-17,9-13-7-5-4-6-8-13)18-10-14(19-2)15(11-18)20-3/h4-8,14-15H,9-12,17H2,1-3H3. The Labute approximate surface area is 121 Å². The molecule has 3 atom stereocenters. The topological polar surface area (TPSA) is 47.7 Å². The van der Waals surface area contributed by atoms with Gasteiger partial charge >= 0.3 is 0 Å². The van der Waals surface area contributed by atoms with E-state index in [1.54, 1.807) is 14.2 Å². The molecule has 1 aliphatic heterocycles. The van der Waals surface area contributed by atoms with Gasteiger partial charge in [-0.3, -0.25) is 4.90 Å². The van der Waals surface area contributed by atoms with E-state index in [-0.39, 0.29) is 17.7 Å². The first-order valence-corrected chi connectivity index (χ1v) is 7.17. The van der Waals surface area contributed by atoms with Crippen molar-refractivity contribution in [2.45, 2.75) is 31.1 Å². The van der Waals surface area contributed by atoms with Gasteiger partial charge in [0.1, 0.15) is 0 Å². The molecular weight excluding hydrogens is 252 g/mol. The van der Waals surface area contributed by atoms with Crippen LogP contribution in [0.15, 0.2) is 30.3 Å². The summed E-state index contributed by atoms with van der Waals surface area (Å²) in [6, 6.07) is 10.5. The second kappa shape index (κ2) is 6.68. The van der Waals surface area contributed by atoms with Crippen LogP contribution in [0, 0.1) is 0 Å². The van der Waals surface area contributed by atoms with Crippen molar-refractivity contribution in [1.29, 1.82) is 0 Å². The van der Waals surface area contributed by atoms with Crippen LogP contribution in [0.4, 0.5) is 0 Å². The van der Waals surface area contributed by atoms with E-state index in [0.717, 1.165) is 19.5 Å². The highest BCUT2D eigenvalue weighted by Gasteiger charge is 2.41. The maximum absolute atomic E-state index is 6.09. The van der Waals surface area contributed by atoms with Crippen molar-refractivity contribution < 1.29 is 9.47 Å². The van der Waals surface area contributed by atoms with Gasteiger partial charge in [0.05, 0.1) is 12.2 Å². The number of likely N-dealkylation sites (tertiary alicyclic amines) is 1. The zero-order valence-corrected chi connectivity index (χ0v) is 12.7. The third-order valence-corrected chi connectivity index (χ3v) is 4.45. The summed E-state index contributed by atoms with van der Waals surface area (Å²) < 4.78 is 11.1. The second-order valence-corrected chi connectivity index (χ2v) is 5.82. The molecule has 0 saturated carbocycles. The van der Waals surface area contributed by atoms with Gasteiger partial charge in [-0.05, 0) is 18.9 Å². The van der Waals surface area contributed by atoms with Crippen LogP contribution in [-0.2, 0) is 15.9 Å². The molecule has 0 aromatic heterocycles. The molecule has 20 heavy (non-hydrogen) atoms. The normalized spacial score (nSPS) is 26.6. The summed E-state index contributed by atoms with van der Waals surface area (Å²) in [6.45, 7) is 4.59. The number of methoxy groups -OCH3 is 2. The van der Waals surface area contributed by atoms with Gasteiger partial charge in [0.15, 0.2) is 0 Å². The first kappa shape index (κ1) is 15.4. The molecule has 0 radical (unpaired) electrons. The molecule has 4 nitrogen and oxygen atoms in total. The molecule has 2 N–H and O–H groups in total. The predicted octanol–water partition coefficient (Wildman–Crippen LogP) is 1.29. The summed E-state index contributed by atoms with van der Waals surface area (Å²) in [5, 5.41) is 0. The lowest BCUT2D eigenvalue weighted by Crippen LogP contribution is -2.52. The average Bonchev–Trinajstić information content (AvgIpc) is 2.92. The Balaban J connectivity index is 2.11. The molecule has 2 rings (SSSR count). The lowest BCUT2D eigenvalue weighted by Gasteiger charge is -2.38. The summed E-state index contributed by atoms with van der Waals surface area (Å²) >= 11 is 0. The highest BCUT2D eigenvalue weighted by molar-refractivity contribution is 5.18. The molecule has 0 amide bonds. The first-order valence-electron chi connectivity index (χ1n) is 7.17. The molecule has 1 aliphatic rings. The van der Waals surface area contributed by atoms with E-state index in [1.807, 2.05) is 6.07 Å². The minimum atomic E-state index is -0.0641. The van der Waals surface area contributed by atoms with Crippen molar-refractivity contribution in [1.82, 2.24) is 4.90 Å². The van der Waals surface area contributed by atoms with E-state index in [1.165, 1.54) is 5.56 Å². The fourth-order valence-electron chi connectivity index (χ4n) is 2.99. The average molecular weight is 278 g/mol. The molecule has 1 aromatic carbocycles. The van der Waals surface area contributed by atoms with Crippen LogP contribution >= 0.6 is 0 Å². The van der Waals surface area contributed by atoms with E-state index in [0.29, 0.717) is 6.54 Å². The number of hydrogen-bond acceptors (Lipinski definition) is 4. The van der Waals surface area contributed by atoms with Crippen LogP contribution < -0.4 is 5.73 Å². The molecule has 1 heterocycles. The number of rotatable bonds is 6. The van der Waals surface area contributed by atoms with Gasteiger partial charge in [-0.15, -0.1) is 0 Å². The largest absolute Gasteiger partial charge is 0.377 e. The molecule has 1 fully saturated rings. The lowest BCUT2D eigenvalue weighted by molar-refractivity contribution is -0.00461. The summed E-state index contributed by atoms with van der Waals surface area (Å²) in [5.74, 6) is 0. The van der Waals surface area contributed by atoms with Crippen LogP contribution in [0.5, 0.6) is 0 Å². The second-order valence-electron chi connectivity index (χ2n) is 5.82. The smallest absolute Gasteiger partial charge is 0.0972 e. The molecule has 0 aliphatic carbocycles. The summed E-state index contributed by atoms with van der Waals surface area (Å²) in [6.07, 6.45) is 1.19. The monoisotopic (exact) mass is 278 g/mol. The Morgan fingerprint density at radius 3 is 2.15 bits per heavy atom. The Morgan fingerprint density at radius 2 is 1.70 bits per heavy atom. The van der Waals surface area contributed by atoms with Crippen LogP contribution in [-0.4, -0.2) is 56.5 Å².